The molecule has 2 bridgehead atoms. The van der Waals surface area contributed by atoms with E-state index in [9.17, 15) is 0 Å². The molecule has 0 saturated heterocycles. The molecule has 1 saturated carbocycles. The van der Waals surface area contributed by atoms with Crippen LogP contribution in [0.25, 0.3) is 10.9 Å². The fourth-order valence-corrected chi connectivity index (χ4v) is 7.29. The van der Waals surface area contributed by atoms with Gasteiger partial charge in [-0.05, 0) is 95.4 Å². The molecule has 4 N–H and O–H groups in total. The Labute approximate surface area is 218 Å². The summed E-state index contributed by atoms with van der Waals surface area (Å²) in [4.78, 5) is 4.97. The standard InChI is InChI=1S/C32H46N4/c1-3-28-24-19-23(2)21-32(28,22-25(33)20-24)35-18-12-6-4-5-11-17-34-31-26-13-7-9-15-29(26)36-30-16-10-8-14-27(30)31/h3,7,9,13,15,19,24-25,35H,4-6,8,10-12,14,16-18,20-22,33H2,1-2H3,(H,34,36). The number of aryl methyl sites for hydroxylation is 1. The van der Waals surface area contributed by atoms with E-state index in [0.29, 0.717) is 12.0 Å². The molecule has 3 unspecified atom stereocenters. The lowest BCUT2D eigenvalue weighted by molar-refractivity contribution is 0.241. The van der Waals surface area contributed by atoms with Crippen molar-refractivity contribution < 1.29 is 0 Å². The van der Waals surface area contributed by atoms with Gasteiger partial charge in [-0.3, -0.25) is 4.98 Å². The van der Waals surface area contributed by atoms with Crippen molar-refractivity contribution in [1.82, 2.24) is 10.3 Å². The van der Waals surface area contributed by atoms with E-state index in [-0.39, 0.29) is 5.54 Å². The zero-order valence-electron chi connectivity index (χ0n) is 22.5. The molecule has 0 radical (unpaired) electrons. The molecular weight excluding hydrogens is 440 g/mol. The summed E-state index contributed by atoms with van der Waals surface area (Å²) in [6.45, 7) is 6.66. The van der Waals surface area contributed by atoms with Crippen molar-refractivity contribution in [3.05, 3.63) is 58.8 Å². The van der Waals surface area contributed by atoms with Crippen LogP contribution in [-0.4, -0.2) is 29.7 Å². The van der Waals surface area contributed by atoms with Gasteiger partial charge < -0.3 is 16.4 Å². The summed E-state index contributed by atoms with van der Waals surface area (Å²) in [6.07, 6.45) is 19.4. The number of rotatable bonds is 10. The van der Waals surface area contributed by atoms with Crippen molar-refractivity contribution in [2.45, 2.75) is 102 Å². The Hall–Kier alpha value is -2.17. The predicted molar refractivity (Wildman–Crippen MR) is 154 cm³/mol. The Balaban J connectivity index is 1.06. The number of nitrogens with two attached hydrogens (primary N) is 1. The van der Waals surface area contributed by atoms with E-state index in [4.69, 9.17) is 10.7 Å². The first-order valence-electron chi connectivity index (χ1n) is 14.6. The second-order valence-electron chi connectivity index (χ2n) is 11.6. The molecular formula is C32H46N4. The Kier molecular flexibility index (Phi) is 8.12. The van der Waals surface area contributed by atoms with Gasteiger partial charge in [0.1, 0.15) is 0 Å². The van der Waals surface area contributed by atoms with Crippen LogP contribution in [0.15, 0.2) is 47.6 Å². The van der Waals surface area contributed by atoms with Crippen molar-refractivity contribution in [3.63, 3.8) is 0 Å². The number of hydrogen-bond acceptors (Lipinski definition) is 4. The van der Waals surface area contributed by atoms with Gasteiger partial charge in [0, 0.05) is 40.8 Å². The largest absolute Gasteiger partial charge is 0.384 e. The van der Waals surface area contributed by atoms with E-state index >= 15 is 0 Å². The number of anilines is 1. The molecule has 1 aromatic carbocycles. The fourth-order valence-electron chi connectivity index (χ4n) is 7.29. The number of para-hydroxylation sites is 1. The zero-order chi connectivity index (χ0) is 25.0. The van der Waals surface area contributed by atoms with Gasteiger partial charge in [0.25, 0.3) is 0 Å². The van der Waals surface area contributed by atoms with Crippen LogP contribution in [0.4, 0.5) is 5.69 Å². The molecule has 4 heteroatoms. The highest BCUT2D eigenvalue weighted by atomic mass is 15.0. The highest BCUT2D eigenvalue weighted by Gasteiger charge is 2.44. The number of nitrogens with zero attached hydrogens (tertiary/aromatic N) is 1. The van der Waals surface area contributed by atoms with Crippen LogP contribution in [0, 0.1) is 5.92 Å². The Morgan fingerprint density at radius 2 is 1.83 bits per heavy atom. The first kappa shape index (κ1) is 25.5. The van der Waals surface area contributed by atoms with Gasteiger partial charge in [-0.1, -0.05) is 55.2 Å². The summed E-state index contributed by atoms with van der Waals surface area (Å²) >= 11 is 0. The molecule has 5 rings (SSSR count). The van der Waals surface area contributed by atoms with Crippen LogP contribution in [-0.2, 0) is 12.8 Å². The molecule has 1 aromatic heterocycles. The van der Waals surface area contributed by atoms with Crippen LogP contribution >= 0.6 is 0 Å². The summed E-state index contributed by atoms with van der Waals surface area (Å²) in [5.41, 5.74) is 15.0. The third kappa shape index (κ3) is 5.40. The minimum absolute atomic E-state index is 0.103. The Morgan fingerprint density at radius 3 is 2.69 bits per heavy atom. The highest BCUT2D eigenvalue weighted by molar-refractivity contribution is 5.93. The molecule has 1 heterocycles. The smallest absolute Gasteiger partial charge is 0.0726 e. The number of nitrogens with one attached hydrogen (secondary N) is 2. The molecule has 4 nitrogen and oxygen atoms in total. The lowest BCUT2D eigenvalue weighted by atomic mass is 9.63. The molecule has 194 valence electrons. The fraction of sp³-hybridized carbons (Fsp3) is 0.594. The third-order valence-corrected chi connectivity index (χ3v) is 8.78. The maximum atomic E-state index is 6.48. The summed E-state index contributed by atoms with van der Waals surface area (Å²) in [7, 11) is 0. The number of pyridine rings is 1. The Morgan fingerprint density at radius 1 is 1.06 bits per heavy atom. The number of benzene rings is 1. The number of allylic oxidation sites excluding steroid dienone is 2. The molecule has 0 spiro atoms. The van der Waals surface area contributed by atoms with Crippen molar-refractivity contribution in [2.24, 2.45) is 11.7 Å². The highest BCUT2D eigenvalue weighted by Crippen LogP contribution is 2.45. The lowest BCUT2D eigenvalue weighted by Crippen LogP contribution is -2.57. The first-order chi connectivity index (χ1) is 17.6. The van der Waals surface area contributed by atoms with Crippen LogP contribution in [0.2, 0.25) is 0 Å². The van der Waals surface area contributed by atoms with Gasteiger partial charge in [0.05, 0.1) is 5.52 Å². The number of aromatic nitrogens is 1. The summed E-state index contributed by atoms with van der Waals surface area (Å²) in [6, 6.07) is 8.95. The number of unbranched alkanes of at least 4 members (excludes halogenated alkanes) is 4. The predicted octanol–water partition coefficient (Wildman–Crippen LogP) is 6.84. The average molecular weight is 487 g/mol. The van der Waals surface area contributed by atoms with Gasteiger partial charge in [0.15, 0.2) is 0 Å². The van der Waals surface area contributed by atoms with Crippen molar-refractivity contribution in [1.29, 1.82) is 0 Å². The zero-order valence-corrected chi connectivity index (χ0v) is 22.5. The Bertz CT molecular complexity index is 1120. The van der Waals surface area contributed by atoms with E-state index in [0.717, 1.165) is 44.3 Å². The summed E-state index contributed by atoms with van der Waals surface area (Å²) in [5, 5.41) is 9.11. The van der Waals surface area contributed by atoms with Crippen molar-refractivity contribution in [2.75, 3.05) is 18.4 Å². The SMILES string of the molecule is CC=C1C2C=C(C)CC1(NCCCCCCCNc1c3c(nc4ccccc14)CCCC3)CC(N)C2. The maximum Gasteiger partial charge on any atom is 0.0726 e. The summed E-state index contributed by atoms with van der Waals surface area (Å²) in [5.74, 6) is 0.538. The van der Waals surface area contributed by atoms with E-state index in [1.165, 1.54) is 79.3 Å². The van der Waals surface area contributed by atoms with E-state index < -0.39 is 0 Å². The van der Waals surface area contributed by atoms with Crippen molar-refractivity contribution in [3.8, 4) is 0 Å². The molecule has 3 aliphatic carbocycles. The quantitative estimate of drug-likeness (QED) is 0.254. The van der Waals surface area contributed by atoms with Crippen LogP contribution in [0.1, 0.15) is 89.3 Å². The van der Waals surface area contributed by atoms with Crippen LogP contribution < -0.4 is 16.4 Å². The van der Waals surface area contributed by atoms with Gasteiger partial charge in [-0.2, -0.15) is 0 Å². The normalized spacial score (nSPS) is 26.6. The average Bonchev–Trinajstić information content (AvgIpc) is 2.86. The number of fused-ring (bicyclic) bond motifs is 4. The summed E-state index contributed by atoms with van der Waals surface area (Å²) < 4.78 is 0. The molecule has 3 atom stereocenters. The van der Waals surface area contributed by atoms with E-state index in [1.807, 2.05) is 0 Å². The second kappa shape index (κ2) is 11.5. The van der Waals surface area contributed by atoms with E-state index in [2.05, 4.69) is 60.9 Å². The maximum absolute atomic E-state index is 6.48. The molecule has 0 aliphatic heterocycles. The lowest BCUT2D eigenvalue weighted by Gasteiger charge is -2.49. The van der Waals surface area contributed by atoms with Gasteiger partial charge in [-0.15, -0.1) is 0 Å². The molecule has 3 aliphatic rings. The molecule has 36 heavy (non-hydrogen) atoms. The van der Waals surface area contributed by atoms with Crippen molar-refractivity contribution >= 4 is 16.6 Å². The molecule has 1 fully saturated rings. The third-order valence-electron chi connectivity index (χ3n) is 8.78. The second-order valence-corrected chi connectivity index (χ2v) is 11.6. The number of hydrogen-bond donors (Lipinski definition) is 3. The van der Waals surface area contributed by atoms with Gasteiger partial charge >= 0.3 is 0 Å². The molecule has 2 aromatic rings. The van der Waals surface area contributed by atoms with Crippen LogP contribution in [0.3, 0.4) is 0 Å². The monoisotopic (exact) mass is 486 g/mol. The van der Waals surface area contributed by atoms with E-state index in [1.54, 1.807) is 5.57 Å². The minimum atomic E-state index is 0.103. The van der Waals surface area contributed by atoms with Gasteiger partial charge in [-0.25, -0.2) is 0 Å². The van der Waals surface area contributed by atoms with Gasteiger partial charge in [0.2, 0.25) is 0 Å². The molecule has 0 amide bonds. The van der Waals surface area contributed by atoms with Crippen LogP contribution in [0.5, 0.6) is 0 Å². The minimum Gasteiger partial charge on any atom is -0.384 e. The topological polar surface area (TPSA) is 63.0 Å². The first-order valence-corrected chi connectivity index (χ1v) is 14.6.